The smallest absolute Gasteiger partial charge is 0.237 e. The highest BCUT2D eigenvalue weighted by atomic mass is 16.5. The molecule has 1 atom stereocenters. The van der Waals surface area contributed by atoms with E-state index < -0.39 is 0 Å². The van der Waals surface area contributed by atoms with Gasteiger partial charge in [-0.1, -0.05) is 13.8 Å². The Hall–Kier alpha value is -1.40. The van der Waals surface area contributed by atoms with Crippen molar-refractivity contribution >= 4 is 5.91 Å². The average molecular weight is 293 g/mol. The molecule has 0 radical (unpaired) electrons. The molecule has 0 aromatic carbocycles. The lowest BCUT2D eigenvalue weighted by atomic mass is 9.76. The van der Waals surface area contributed by atoms with Crippen LogP contribution in [0.1, 0.15) is 44.3 Å². The van der Waals surface area contributed by atoms with Crippen LogP contribution >= 0.6 is 0 Å². The predicted octanol–water partition coefficient (Wildman–Crippen LogP) is 1.18. The van der Waals surface area contributed by atoms with Crippen LogP contribution in [0.4, 0.5) is 0 Å². The zero-order chi connectivity index (χ0) is 14.9. The Balaban J connectivity index is 1.65. The minimum atomic E-state index is -0.184. The average Bonchev–Trinajstić information content (AvgIpc) is 3.05. The van der Waals surface area contributed by atoms with E-state index in [0.29, 0.717) is 18.4 Å². The number of aromatic nitrogens is 1. The number of nitrogens with zero attached hydrogens (tertiary/aromatic N) is 1. The summed E-state index contributed by atoms with van der Waals surface area (Å²) in [7, 11) is 0. The molecule has 3 heterocycles. The van der Waals surface area contributed by atoms with Crippen LogP contribution < -0.4 is 10.6 Å². The summed E-state index contributed by atoms with van der Waals surface area (Å²) >= 11 is 0. The van der Waals surface area contributed by atoms with Gasteiger partial charge in [-0.25, -0.2) is 4.98 Å². The maximum absolute atomic E-state index is 12.1. The van der Waals surface area contributed by atoms with Gasteiger partial charge in [0.1, 0.15) is 5.76 Å². The Morgan fingerprint density at radius 1 is 1.48 bits per heavy atom. The number of oxazole rings is 1. The second-order valence-electron chi connectivity index (χ2n) is 6.32. The fourth-order valence-corrected chi connectivity index (χ4v) is 3.16. The third-order valence-corrected chi connectivity index (χ3v) is 4.58. The zero-order valence-corrected chi connectivity index (χ0v) is 12.6. The molecule has 2 aliphatic heterocycles. The molecule has 1 aromatic heterocycles. The topological polar surface area (TPSA) is 76.4 Å². The first-order valence-electron chi connectivity index (χ1n) is 7.64. The van der Waals surface area contributed by atoms with Crippen molar-refractivity contribution in [2.24, 2.45) is 5.41 Å². The molecular weight excluding hydrogens is 270 g/mol. The fourth-order valence-electron chi connectivity index (χ4n) is 3.16. The highest BCUT2D eigenvalue weighted by Gasteiger charge is 2.48. The molecule has 2 aliphatic rings. The Bertz CT molecular complexity index is 506. The Kier molecular flexibility index (Phi) is 3.99. The SMILES string of the molecule is CC(C)c1cnc(CNC2C(=O)NCC23CCOCC3)o1. The van der Waals surface area contributed by atoms with Crippen molar-refractivity contribution in [1.82, 2.24) is 15.6 Å². The van der Waals surface area contributed by atoms with Crippen molar-refractivity contribution in [3.8, 4) is 0 Å². The lowest BCUT2D eigenvalue weighted by Crippen LogP contribution is -2.49. The van der Waals surface area contributed by atoms with E-state index in [1.807, 2.05) is 0 Å². The van der Waals surface area contributed by atoms with Crippen LogP contribution in [0.3, 0.4) is 0 Å². The Labute approximate surface area is 124 Å². The number of hydrogen-bond acceptors (Lipinski definition) is 5. The minimum absolute atomic E-state index is 0.0250. The van der Waals surface area contributed by atoms with Crippen molar-refractivity contribution in [2.45, 2.75) is 45.2 Å². The quantitative estimate of drug-likeness (QED) is 0.872. The van der Waals surface area contributed by atoms with E-state index in [2.05, 4.69) is 29.5 Å². The first kappa shape index (κ1) is 14.5. The molecule has 2 N–H and O–H groups in total. The molecule has 1 spiro atoms. The highest BCUT2D eigenvalue weighted by molar-refractivity contribution is 5.85. The van der Waals surface area contributed by atoms with E-state index in [1.54, 1.807) is 6.20 Å². The van der Waals surface area contributed by atoms with Crippen LogP contribution in [0.15, 0.2) is 10.6 Å². The molecule has 0 saturated carbocycles. The maximum atomic E-state index is 12.1. The summed E-state index contributed by atoms with van der Waals surface area (Å²) < 4.78 is 11.1. The monoisotopic (exact) mass is 293 g/mol. The fraction of sp³-hybridized carbons (Fsp3) is 0.733. The van der Waals surface area contributed by atoms with E-state index >= 15 is 0 Å². The maximum Gasteiger partial charge on any atom is 0.237 e. The second-order valence-corrected chi connectivity index (χ2v) is 6.32. The Morgan fingerprint density at radius 2 is 2.24 bits per heavy atom. The van der Waals surface area contributed by atoms with Crippen molar-refractivity contribution in [2.75, 3.05) is 19.8 Å². The van der Waals surface area contributed by atoms with Gasteiger partial charge in [0.25, 0.3) is 0 Å². The van der Waals surface area contributed by atoms with Gasteiger partial charge in [-0.15, -0.1) is 0 Å². The van der Waals surface area contributed by atoms with Crippen molar-refractivity contribution in [1.29, 1.82) is 0 Å². The van der Waals surface area contributed by atoms with Crippen molar-refractivity contribution < 1.29 is 13.9 Å². The first-order valence-corrected chi connectivity index (χ1v) is 7.64. The highest BCUT2D eigenvalue weighted by Crippen LogP contribution is 2.37. The van der Waals surface area contributed by atoms with E-state index in [-0.39, 0.29) is 17.4 Å². The number of amides is 1. The number of carbonyl (C=O) groups excluding carboxylic acids is 1. The van der Waals surface area contributed by atoms with Gasteiger partial charge in [-0.3, -0.25) is 10.1 Å². The van der Waals surface area contributed by atoms with Gasteiger partial charge in [0.15, 0.2) is 0 Å². The lowest BCUT2D eigenvalue weighted by molar-refractivity contribution is -0.122. The van der Waals surface area contributed by atoms with E-state index in [4.69, 9.17) is 9.15 Å². The normalized spacial score (nSPS) is 24.7. The largest absolute Gasteiger partial charge is 0.444 e. The molecule has 6 nitrogen and oxygen atoms in total. The van der Waals surface area contributed by atoms with Gasteiger partial charge in [0.2, 0.25) is 11.8 Å². The zero-order valence-electron chi connectivity index (χ0n) is 12.6. The second kappa shape index (κ2) is 5.77. The number of hydrogen-bond donors (Lipinski definition) is 2. The molecule has 0 bridgehead atoms. The van der Waals surface area contributed by atoms with Gasteiger partial charge in [-0.05, 0) is 12.8 Å². The van der Waals surface area contributed by atoms with Crippen molar-refractivity contribution in [3.05, 3.63) is 17.8 Å². The third-order valence-electron chi connectivity index (χ3n) is 4.58. The Morgan fingerprint density at radius 3 is 2.90 bits per heavy atom. The summed E-state index contributed by atoms with van der Waals surface area (Å²) in [5, 5.41) is 6.32. The van der Waals surface area contributed by atoms with E-state index in [0.717, 1.165) is 38.4 Å². The number of carbonyl (C=O) groups is 1. The summed E-state index contributed by atoms with van der Waals surface area (Å²) in [6.07, 6.45) is 3.58. The number of nitrogens with one attached hydrogen (secondary N) is 2. The molecule has 21 heavy (non-hydrogen) atoms. The van der Waals surface area contributed by atoms with Crippen LogP contribution in [0, 0.1) is 5.41 Å². The number of ether oxygens (including phenoxy) is 1. The van der Waals surface area contributed by atoms with Crippen LogP contribution in [-0.2, 0) is 16.1 Å². The van der Waals surface area contributed by atoms with Gasteiger partial charge in [0, 0.05) is 31.1 Å². The summed E-state index contributed by atoms with van der Waals surface area (Å²) in [4.78, 5) is 16.4. The summed E-state index contributed by atoms with van der Waals surface area (Å²) in [5.74, 6) is 1.92. The molecule has 1 amide bonds. The molecule has 6 heteroatoms. The third kappa shape index (κ3) is 2.82. The van der Waals surface area contributed by atoms with Gasteiger partial charge < -0.3 is 14.5 Å². The van der Waals surface area contributed by atoms with Crippen LogP contribution in [0.25, 0.3) is 0 Å². The first-order chi connectivity index (χ1) is 10.1. The van der Waals surface area contributed by atoms with E-state index in [9.17, 15) is 4.79 Å². The molecule has 2 saturated heterocycles. The van der Waals surface area contributed by atoms with Gasteiger partial charge in [0.05, 0.1) is 18.8 Å². The molecule has 1 aromatic rings. The summed E-state index contributed by atoms with van der Waals surface area (Å²) in [6, 6.07) is -0.184. The molecular formula is C15H23N3O3. The predicted molar refractivity (Wildman–Crippen MR) is 76.7 cm³/mol. The van der Waals surface area contributed by atoms with Crippen LogP contribution in [-0.4, -0.2) is 36.7 Å². The molecule has 116 valence electrons. The van der Waals surface area contributed by atoms with Gasteiger partial charge >= 0.3 is 0 Å². The van der Waals surface area contributed by atoms with Crippen LogP contribution in [0.2, 0.25) is 0 Å². The van der Waals surface area contributed by atoms with Gasteiger partial charge in [-0.2, -0.15) is 0 Å². The van der Waals surface area contributed by atoms with E-state index in [1.165, 1.54) is 0 Å². The molecule has 0 aliphatic carbocycles. The molecule has 2 fully saturated rings. The van der Waals surface area contributed by atoms with Crippen molar-refractivity contribution in [3.63, 3.8) is 0 Å². The molecule has 1 unspecified atom stereocenters. The standard InChI is InChI=1S/C15H23N3O3/c1-10(2)11-7-16-12(21-11)8-17-13-14(19)18-9-15(13)3-5-20-6-4-15/h7,10,13,17H,3-6,8-9H2,1-2H3,(H,18,19). The number of rotatable bonds is 4. The van der Waals surface area contributed by atoms with Crippen LogP contribution in [0.5, 0.6) is 0 Å². The summed E-state index contributed by atoms with van der Waals surface area (Å²) in [6.45, 7) is 6.80. The molecule has 3 rings (SSSR count). The summed E-state index contributed by atoms with van der Waals surface area (Å²) in [5.41, 5.74) is -0.0250. The lowest BCUT2D eigenvalue weighted by Gasteiger charge is -2.36. The minimum Gasteiger partial charge on any atom is -0.444 e.